The van der Waals surface area contributed by atoms with Crippen LogP contribution in [0.1, 0.15) is 53.3 Å². The Labute approximate surface area is 128 Å². The molecule has 2 N–H and O–H groups in total. The third-order valence-corrected chi connectivity index (χ3v) is 4.52. The number of alkyl halides is 5. The summed E-state index contributed by atoms with van der Waals surface area (Å²) >= 11 is 0. The van der Waals surface area contributed by atoms with Crippen molar-refractivity contribution in [2.24, 2.45) is 17.6 Å². The molecule has 2 aliphatic rings. The zero-order chi connectivity index (χ0) is 16.9. The lowest BCUT2D eigenvalue weighted by Gasteiger charge is -2.34. The fourth-order valence-corrected chi connectivity index (χ4v) is 3.17. The van der Waals surface area contributed by atoms with Gasteiger partial charge in [0.2, 0.25) is 6.43 Å². The lowest BCUT2D eigenvalue weighted by atomic mass is 9.75. The molecular formula is C14H16F5N3O. The first-order valence-corrected chi connectivity index (χ1v) is 7.44. The van der Waals surface area contributed by atoms with Crippen LogP contribution in [0.4, 0.5) is 22.0 Å². The van der Waals surface area contributed by atoms with Gasteiger partial charge in [0.15, 0.2) is 0 Å². The number of nitrogens with two attached hydrogens (primary N) is 1. The van der Waals surface area contributed by atoms with Gasteiger partial charge in [-0.3, -0.25) is 9.48 Å². The quantitative estimate of drug-likeness (QED) is 0.839. The molecule has 128 valence electrons. The largest absolute Gasteiger partial charge is 0.420 e. The minimum Gasteiger partial charge on any atom is -0.364 e. The predicted octanol–water partition coefficient (Wildman–Crippen LogP) is 3.17. The molecule has 1 heterocycles. The van der Waals surface area contributed by atoms with Crippen molar-refractivity contribution in [2.75, 3.05) is 0 Å². The molecule has 0 unspecified atom stereocenters. The van der Waals surface area contributed by atoms with Crippen molar-refractivity contribution < 1.29 is 26.7 Å². The van der Waals surface area contributed by atoms with E-state index in [0.29, 0.717) is 12.8 Å². The van der Waals surface area contributed by atoms with Crippen LogP contribution in [0.3, 0.4) is 0 Å². The third-order valence-electron chi connectivity index (χ3n) is 4.52. The third kappa shape index (κ3) is 3.05. The number of carbonyl (C=O) groups excluding carboxylic acids is 1. The highest BCUT2D eigenvalue weighted by molar-refractivity contribution is 5.93. The molecule has 2 fully saturated rings. The van der Waals surface area contributed by atoms with Crippen LogP contribution in [0.5, 0.6) is 0 Å². The molecule has 2 saturated carbocycles. The summed E-state index contributed by atoms with van der Waals surface area (Å²) in [5, 5.41) is 3.96. The summed E-state index contributed by atoms with van der Waals surface area (Å²) in [7, 11) is 0. The van der Waals surface area contributed by atoms with E-state index in [1.807, 2.05) is 0 Å². The van der Waals surface area contributed by atoms with E-state index in [0.717, 1.165) is 4.68 Å². The van der Waals surface area contributed by atoms with Gasteiger partial charge in [-0.1, -0.05) is 0 Å². The maximum absolute atomic E-state index is 13.3. The summed E-state index contributed by atoms with van der Waals surface area (Å²) in [6.45, 7) is 0.0112. The smallest absolute Gasteiger partial charge is 0.364 e. The minimum absolute atomic E-state index is 0.0112. The molecule has 1 aromatic rings. The molecular weight excluding hydrogens is 321 g/mol. The van der Waals surface area contributed by atoms with Gasteiger partial charge in [0.05, 0.1) is 5.69 Å². The van der Waals surface area contributed by atoms with Crippen LogP contribution in [0.2, 0.25) is 0 Å². The summed E-state index contributed by atoms with van der Waals surface area (Å²) in [6, 6.07) is 0. The Morgan fingerprint density at radius 1 is 1.30 bits per heavy atom. The molecule has 0 spiro atoms. The van der Waals surface area contributed by atoms with Gasteiger partial charge in [-0.15, -0.1) is 0 Å². The van der Waals surface area contributed by atoms with Gasteiger partial charge >= 0.3 is 6.18 Å². The average Bonchev–Trinajstić information content (AvgIpc) is 3.12. The van der Waals surface area contributed by atoms with E-state index in [2.05, 4.69) is 5.10 Å². The van der Waals surface area contributed by atoms with Gasteiger partial charge in [-0.2, -0.15) is 18.3 Å². The molecule has 0 radical (unpaired) electrons. The first-order chi connectivity index (χ1) is 10.7. The Morgan fingerprint density at radius 2 is 1.91 bits per heavy atom. The van der Waals surface area contributed by atoms with Gasteiger partial charge in [-0.05, 0) is 31.6 Å². The van der Waals surface area contributed by atoms with Crippen molar-refractivity contribution in [1.82, 2.24) is 9.78 Å². The second-order valence-corrected chi connectivity index (χ2v) is 6.36. The number of nitrogens with zero attached hydrogens (tertiary/aromatic N) is 2. The van der Waals surface area contributed by atoms with E-state index < -0.39 is 35.7 Å². The van der Waals surface area contributed by atoms with Crippen molar-refractivity contribution in [1.29, 1.82) is 0 Å². The van der Waals surface area contributed by atoms with Gasteiger partial charge < -0.3 is 5.73 Å². The van der Waals surface area contributed by atoms with E-state index in [1.54, 1.807) is 0 Å². The van der Waals surface area contributed by atoms with Crippen LogP contribution >= 0.6 is 0 Å². The summed E-state index contributed by atoms with van der Waals surface area (Å²) in [5.74, 6) is -2.43. The van der Waals surface area contributed by atoms with Crippen LogP contribution < -0.4 is 5.73 Å². The second kappa shape index (κ2) is 5.45. The van der Waals surface area contributed by atoms with Crippen LogP contribution in [0, 0.1) is 11.8 Å². The Bertz CT molecular complexity index is 615. The Hall–Kier alpha value is -1.67. The monoisotopic (exact) mass is 337 g/mol. The van der Waals surface area contributed by atoms with E-state index in [-0.39, 0.29) is 36.9 Å². The van der Waals surface area contributed by atoms with Gasteiger partial charge in [0.1, 0.15) is 11.3 Å². The molecule has 0 atom stereocenters. The molecule has 0 aliphatic heterocycles. The van der Waals surface area contributed by atoms with E-state index in [9.17, 15) is 26.7 Å². The molecule has 23 heavy (non-hydrogen) atoms. The normalized spacial score (nSPS) is 24.8. The maximum atomic E-state index is 13.3. The highest BCUT2D eigenvalue weighted by Crippen LogP contribution is 2.47. The highest BCUT2D eigenvalue weighted by Gasteiger charge is 2.46. The summed E-state index contributed by atoms with van der Waals surface area (Å²) in [5.41, 5.74) is 3.28. The molecule has 9 heteroatoms. The molecule has 0 bridgehead atoms. The van der Waals surface area contributed by atoms with E-state index in [1.165, 1.54) is 0 Å². The standard InChI is InChI=1S/C14H16F5N3O/c15-12(16)8-3-6(4-8)5-22-11(13(20)23)9(14(17,18)19)10(21-22)7-1-2-7/h6-8,12H,1-5H2,(H2,20,23). The average molecular weight is 337 g/mol. The number of carbonyl (C=O) groups is 1. The molecule has 3 rings (SSSR count). The Morgan fingerprint density at radius 3 is 2.35 bits per heavy atom. The van der Waals surface area contributed by atoms with Crippen molar-refractivity contribution in [3.8, 4) is 0 Å². The van der Waals surface area contributed by atoms with Crippen molar-refractivity contribution in [3.63, 3.8) is 0 Å². The lowest BCUT2D eigenvalue weighted by Crippen LogP contribution is -2.33. The SMILES string of the molecule is NC(=O)c1c(C(F)(F)F)c(C2CC2)nn1CC1CC(C(F)F)C1. The van der Waals surface area contributed by atoms with Crippen LogP contribution in [0.15, 0.2) is 0 Å². The predicted molar refractivity (Wildman–Crippen MR) is 69.9 cm³/mol. The highest BCUT2D eigenvalue weighted by atomic mass is 19.4. The molecule has 0 saturated heterocycles. The topological polar surface area (TPSA) is 60.9 Å². The number of hydrogen-bond donors (Lipinski definition) is 1. The second-order valence-electron chi connectivity index (χ2n) is 6.36. The van der Waals surface area contributed by atoms with Crippen molar-refractivity contribution in [3.05, 3.63) is 17.0 Å². The summed E-state index contributed by atoms with van der Waals surface area (Å²) < 4.78 is 65.9. The Balaban J connectivity index is 1.89. The van der Waals surface area contributed by atoms with E-state index in [4.69, 9.17) is 5.73 Å². The van der Waals surface area contributed by atoms with Crippen LogP contribution in [0.25, 0.3) is 0 Å². The number of primary amides is 1. The molecule has 4 nitrogen and oxygen atoms in total. The number of rotatable bonds is 5. The first-order valence-electron chi connectivity index (χ1n) is 7.44. The zero-order valence-electron chi connectivity index (χ0n) is 12.1. The maximum Gasteiger partial charge on any atom is 0.420 e. The van der Waals surface area contributed by atoms with Crippen molar-refractivity contribution in [2.45, 2.75) is 50.7 Å². The minimum atomic E-state index is -4.72. The number of amides is 1. The number of hydrogen-bond acceptors (Lipinski definition) is 2. The van der Waals surface area contributed by atoms with Gasteiger partial charge in [0, 0.05) is 18.4 Å². The first kappa shape index (κ1) is 16.2. The fourth-order valence-electron chi connectivity index (χ4n) is 3.17. The lowest BCUT2D eigenvalue weighted by molar-refractivity contribution is -0.138. The van der Waals surface area contributed by atoms with Gasteiger partial charge in [-0.25, -0.2) is 8.78 Å². The Kier molecular flexibility index (Phi) is 3.84. The van der Waals surface area contributed by atoms with Crippen LogP contribution in [-0.4, -0.2) is 22.1 Å². The number of aromatic nitrogens is 2. The van der Waals surface area contributed by atoms with Crippen molar-refractivity contribution >= 4 is 5.91 Å². The zero-order valence-corrected chi connectivity index (χ0v) is 12.1. The summed E-state index contributed by atoms with van der Waals surface area (Å²) in [6.07, 6.45) is -5.52. The van der Waals surface area contributed by atoms with E-state index >= 15 is 0 Å². The van der Waals surface area contributed by atoms with Gasteiger partial charge in [0.25, 0.3) is 5.91 Å². The number of halogens is 5. The molecule has 1 amide bonds. The molecule has 0 aromatic carbocycles. The summed E-state index contributed by atoms with van der Waals surface area (Å²) in [4.78, 5) is 11.5. The van der Waals surface area contributed by atoms with Crippen LogP contribution in [-0.2, 0) is 12.7 Å². The molecule has 1 aromatic heterocycles. The molecule has 2 aliphatic carbocycles. The fraction of sp³-hybridized carbons (Fsp3) is 0.714.